The number of aryl methyl sites for hydroxylation is 1. The summed E-state index contributed by atoms with van der Waals surface area (Å²) < 4.78 is 5.88. The maximum absolute atomic E-state index is 13.2. The quantitative estimate of drug-likeness (QED) is 0.653. The first-order valence-electron chi connectivity index (χ1n) is 10.0. The van der Waals surface area contributed by atoms with Gasteiger partial charge in [-0.15, -0.1) is 0 Å². The number of rotatable bonds is 5. The Bertz CT molecular complexity index is 1020. The number of para-hydroxylation sites is 3. The van der Waals surface area contributed by atoms with Crippen molar-refractivity contribution in [3.8, 4) is 5.75 Å². The number of carbonyl (C=O) groups excluding carboxylic acids is 1. The molecule has 148 valence electrons. The fraction of sp³-hybridized carbons (Fsp3) is 0.250. The third-order valence-electron chi connectivity index (χ3n) is 4.86. The second kappa shape index (κ2) is 8.35. The Morgan fingerprint density at radius 1 is 1.10 bits per heavy atom. The van der Waals surface area contributed by atoms with Gasteiger partial charge in [-0.05, 0) is 62.6 Å². The molecular formula is C24H25N3O2. The molecule has 2 heterocycles. The summed E-state index contributed by atoms with van der Waals surface area (Å²) in [6, 6.07) is 19.5. The van der Waals surface area contributed by atoms with E-state index in [1.54, 1.807) is 12.3 Å². The monoisotopic (exact) mass is 387 g/mol. The third-order valence-corrected chi connectivity index (χ3v) is 4.86. The summed E-state index contributed by atoms with van der Waals surface area (Å²) >= 11 is 0. The molecule has 5 heteroatoms. The van der Waals surface area contributed by atoms with E-state index in [1.807, 2.05) is 67.3 Å². The van der Waals surface area contributed by atoms with E-state index in [0.29, 0.717) is 12.2 Å². The van der Waals surface area contributed by atoms with Crippen molar-refractivity contribution in [3.05, 3.63) is 78.1 Å². The summed E-state index contributed by atoms with van der Waals surface area (Å²) in [5.41, 5.74) is 4.28. The summed E-state index contributed by atoms with van der Waals surface area (Å²) in [4.78, 5) is 19.4. The van der Waals surface area contributed by atoms with Gasteiger partial charge in [0.2, 0.25) is 0 Å². The minimum atomic E-state index is -0.0764. The zero-order chi connectivity index (χ0) is 20.2. The van der Waals surface area contributed by atoms with Crippen LogP contribution in [0.25, 0.3) is 0 Å². The molecule has 3 aromatic rings. The van der Waals surface area contributed by atoms with Crippen LogP contribution in [-0.4, -0.2) is 23.5 Å². The van der Waals surface area contributed by atoms with E-state index >= 15 is 0 Å². The first-order valence-corrected chi connectivity index (χ1v) is 10.0. The number of carbonyl (C=O) groups is 1. The zero-order valence-corrected chi connectivity index (χ0v) is 16.8. The number of fused-ring (bicyclic) bond motifs is 1. The molecule has 5 nitrogen and oxygen atoms in total. The highest BCUT2D eigenvalue weighted by Crippen LogP contribution is 2.30. The lowest BCUT2D eigenvalue weighted by Gasteiger charge is -2.29. The number of hydrogen-bond donors (Lipinski definition) is 1. The highest BCUT2D eigenvalue weighted by Gasteiger charge is 2.24. The van der Waals surface area contributed by atoms with E-state index in [1.165, 1.54) is 5.56 Å². The van der Waals surface area contributed by atoms with Crippen molar-refractivity contribution in [3.63, 3.8) is 0 Å². The molecular weight excluding hydrogens is 362 g/mol. The second-order valence-corrected chi connectivity index (χ2v) is 7.41. The highest BCUT2D eigenvalue weighted by atomic mass is 16.5. The van der Waals surface area contributed by atoms with Crippen LogP contribution in [0.15, 0.2) is 66.9 Å². The smallest absolute Gasteiger partial charge is 0.276 e. The van der Waals surface area contributed by atoms with Crippen molar-refractivity contribution in [1.29, 1.82) is 0 Å². The van der Waals surface area contributed by atoms with E-state index in [2.05, 4.69) is 16.4 Å². The Hall–Kier alpha value is -3.34. The average Bonchev–Trinajstić information content (AvgIpc) is 2.74. The van der Waals surface area contributed by atoms with Crippen LogP contribution in [-0.2, 0) is 6.42 Å². The Kier molecular flexibility index (Phi) is 5.47. The summed E-state index contributed by atoms with van der Waals surface area (Å²) in [7, 11) is 0. The van der Waals surface area contributed by atoms with E-state index in [0.717, 1.165) is 35.7 Å². The fourth-order valence-electron chi connectivity index (χ4n) is 3.59. The molecule has 1 aromatic heterocycles. The Morgan fingerprint density at radius 2 is 1.90 bits per heavy atom. The lowest BCUT2D eigenvalue weighted by molar-refractivity contribution is 0.0980. The topological polar surface area (TPSA) is 54.5 Å². The Morgan fingerprint density at radius 3 is 2.76 bits per heavy atom. The van der Waals surface area contributed by atoms with Crippen LogP contribution in [0.2, 0.25) is 0 Å². The zero-order valence-electron chi connectivity index (χ0n) is 16.8. The number of hydrogen-bond acceptors (Lipinski definition) is 4. The number of amides is 1. The van der Waals surface area contributed by atoms with Crippen molar-refractivity contribution in [2.75, 3.05) is 16.8 Å². The molecule has 0 bridgehead atoms. The number of benzene rings is 2. The van der Waals surface area contributed by atoms with E-state index in [4.69, 9.17) is 4.74 Å². The molecule has 29 heavy (non-hydrogen) atoms. The summed E-state index contributed by atoms with van der Waals surface area (Å²) in [6.07, 6.45) is 3.70. The van der Waals surface area contributed by atoms with Gasteiger partial charge in [-0.25, -0.2) is 0 Å². The molecule has 1 aliphatic rings. The largest absolute Gasteiger partial charge is 0.489 e. The first-order chi connectivity index (χ1) is 14.1. The molecule has 1 aliphatic heterocycles. The third kappa shape index (κ3) is 4.24. The van der Waals surface area contributed by atoms with Gasteiger partial charge in [-0.3, -0.25) is 9.78 Å². The van der Waals surface area contributed by atoms with Gasteiger partial charge < -0.3 is 15.0 Å². The van der Waals surface area contributed by atoms with Gasteiger partial charge in [0.1, 0.15) is 11.4 Å². The molecule has 1 N–H and O–H groups in total. The van der Waals surface area contributed by atoms with Crippen molar-refractivity contribution in [2.24, 2.45) is 0 Å². The van der Waals surface area contributed by atoms with Gasteiger partial charge in [0.15, 0.2) is 0 Å². The van der Waals surface area contributed by atoms with Gasteiger partial charge in [-0.2, -0.15) is 0 Å². The van der Waals surface area contributed by atoms with Crippen LogP contribution in [0.3, 0.4) is 0 Å². The molecule has 0 spiro atoms. The average molecular weight is 387 g/mol. The Labute approximate surface area is 171 Å². The van der Waals surface area contributed by atoms with Crippen molar-refractivity contribution in [2.45, 2.75) is 32.8 Å². The molecule has 0 fully saturated rings. The standard InChI is InChI=1S/C24H25N3O2/c1-17(2)29-23-12-6-4-10-20(23)26-19-13-14-25-21(16-19)24(28)27-15-7-9-18-8-3-5-11-22(18)27/h3-6,8,10-14,16-17H,7,9,15H2,1-2H3,(H,25,26). The number of pyridine rings is 1. The number of nitrogens with one attached hydrogen (secondary N) is 1. The summed E-state index contributed by atoms with van der Waals surface area (Å²) in [5.74, 6) is 0.699. The van der Waals surface area contributed by atoms with Crippen LogP contribution in [0, 0.1) is 0 Å². The van der Waals surface area contributed by atoms with Crippen LogP contribution in [0.4, 0.5) is 17.1 Å². The van der Waals surface area contributed by atoms with Gasteiger partial charge in [0, 0.05) is 24.1 Å². The van der Waals surface area contributed by atoms with Gasteiger partial charge in [0.25, 0.3) is 5.91 Å². The molecule has 0 unspecified atom stereocenters. The second-order valence-electron chi connectivity index (χ2n) is 7.41. The maximum atomic E-state index is 13.2. The van der Waals surface area contributed by atoms with Crippen LogP contribution < -0.4 is 15.0 Å². The minimum absolute atomic E-state index is 0.0756. The number of nitrogens with zero attached hydrogens (tertiary/aromatic N) is 2. The van der Waals surface area contributed by atoms with Gasteiger partial charge >= 0.3 is 0 Å². The lowest BCUT2D eigenvalue weighted by Crippen LogP contribution is -2.35. The van der Waals surface area contributed by atoms with Crippen molar-refractivity contribution < 1.29 is 9.53 Å². The minimum Gasteiger partial charge on any atom is -0.489 e. The first kappa shape index (κ1) is 19.0. The van der Waals surface area contributed by atoms with Gasteiger partial charge in [-0.1, -0.05) is 30.3 Å². The molecule has 0 radical (unpaired) electrons. The van der Waals surface area contributed by atoms with Gasteiger partial charge in [0.05, 0.1) is 11.8 Å². The number of anilines is 3. The van der Waals surface area contributed by atoms with Crippen LogP contribution in [0.5, 0.6) is 5.75 Å². The molecule has 0 saturated heterocycles. The van der Waals surface area contributed by atoms with E-state index < -0.39 is 0 Å². The van der Waals surface area contributed by atoms with Crippen molar-refractivity contribution >= 4 is 23.0 Å². The summed E-state index contributed by atoms with van der Waals surface area (Å²) in [6.45, 7) is 4.70. The Balaban J connectivity index is 1.58. The molecule has 2 aromatic carbocycles. The predicted molar refractivity (Wildman–Crippen MR) is 116 cm³/mol. The fourth-order valence-corrected chi connectivity index (χ4v) is 3.59. The molecule has 0 saturated carbocycles. The predicted octanol–water partition coefficient (Wildman–Crippen LogP) is 5.21. The van der Waals surface area contributed by atoms with Crippen LogP contribution in [0.1, 0.15) is 36.3 Å². The maximum Gasteiger partial charge on any atom is 0.276 e. The molecule has 0 atom stereocenters. The van der Waals surface area contributed by atoms with E-state index in [9.17, 15) is 4.79 Å². The molecule has 4 rings (SSSR count). The number of aromatic nitrogens is 1. The normalized spacial score (nSPS) is 13.1. The molecule has 1 amide bonds. The lowest BCUT2D eigenvalue weighted by atomic mass is 10.0. The van der Waals surface area contributed by atoms with E-state index in [-0.39, 0.29) is 12.0 Å². The highest BCUT2D eigenvalue weighted by molar-refractivity contribution is 6.06. The summed E-state index contributed by atoms with van der Waals surface area (Å²) in [5, 5.41) is 3.36. The van der Waals surface area contributed by atoms with Crippen molar-refractivity contribution in [1.82, 2.24) is 4.98 Å². The molecule has 0 aliphatic carbocycles. The number of ether oxygens (including phenoxy) is 1. The van der Waals surface area contributed by atoms with Crippen LogP contribution >= 0.6 is 0 Å². The SMILES string of the molecule is CC(C)Oc1ccccc1Nc1ccnc(C(=O)N2CCCc3ccccc32)c1.